The van der Waals surface area contributed by atoms with Gasteiger partial charge in [0.2, 0.25) is 5.88 Å². The largest absolute Gasteiger partial charge is 0.473 e. The maximum Gasteiger partial charge on any atom is 0.213 e. The van der Waals surface area contributed by atoms with Gasteiger partial charge in [0.15, 0.2) is 0 Å². The van der Waals surface area contributed by atoms with Crippen LogP contribution in [0, 0.1) is 0 Å². The number of benzene rings is 1. The lowest BCUT2D eigenvalue weighted by atomic mass is 10.1. The molecule has 2 nitrogen and oxygen atoms in total. The summed E-state index contributed by atoms with van der Waals surface area (Å²) in [5.41, 5.74) is 2.23. The highest BCUT2D eigenvalue weighted by molar-refractivity contribution is 5.47. The third kappa shape index (κ3) is 2.70. The molecule has 0 spiro atoms. The number of nitrogens with zero attached hydrogens (tertiary/aromatic N) is 1. The normalized spacial score (nSPS) is 9.75. The second-order valence-electron chi connectivity index (χ2n) is 3.40. The molecule has 2 rings (SSSR count). The quantitative estimate of drug-likeness (QED) is 0.774. The molecular weight excluding hydrogens is 198 g/mol. The van der Waals surface area contributed by atoms with Crippen molar-refractivity contribution in [1.82, 2.24) is 4.98 Å². The first-order valence-electron chi connectivity index (χ1n) is 5.14. The van der Waals surface area contributed by atoms with Crippen LogP contribution in [0.25, 0.3) is 6.08 Å². The van der Waals surface area contributed by atoms with Crippen molar-refractivity contribution in [3.63, 3.8) is 0 Å². The number of hydrogen-bond acceptors (Lipinski definition) is 2. The molecule has 0 atom stereocenters. The van der Waals surface area contributed by atoms with Crippen LogP contribution in [0.5, 0.6) is 5.88 Å². The summed E-state index contributed by atoms with van der Waals surface area (Å²) in [6.45, 7) is 4.25. The summed E-state index contributed by atoms with van der Waals surface area (Å²) in [4.78, 5) is 4.09. The summed E-state index contributed by atoms with van der Waals surface area (Å²) in [5, 5.41) is 0. The summed E-state index contributed by atoms with van der Waals surface area (Å²) in [6, 6.07) is 13.7. The number of ether oxygens (including phenoxy) is 1. The van der Waals surface area contributed by atoms with Crippen LogP contribution in [0.3, 0.4) is 0 Å². The average Bonchev–Trinajstić information content (AvgIpc) is 2.38. The van der Waals surface area contributed by atoms with E-state index in [0.717, 1.165) is 11.1 Å². The molecule has 0 fully saturated rings. The first-order chi connectivity index (χ1) is 7.88. The van der Waals surface area contributed by atoms with Crippen LogP contribution in [-0.2, 0) is 6.61 Å². The lowest BCUT2D eigenvalue weighted by Crippen LogP contribution is -1.96. The van der Waals surface area contributed by atoms with Crippen LogP contribution in [-0.4, -0.2) is 4.98 Å². The lowest BCUT2D eigenvalue weighted by Gasteiger charge is -2.04. The molecule has 0 aliphatic rings. The van der Waals surface area contributed by atoms with Gasteiger partial charge in [-0.2, -0.15) is 0 Å². The highest BCUT2D eigenvalue weighted by atomic mass is 16.5. The minimum Gasteiger partial charge on any atom is -0.473 e. The third-order valence-electron chi connectivity index (χ3n) is 2.24. The van der Waals surface area contributed by atoms with Gasteiger partial charge in [-0.25, -0.2) is 4.98 Å². The van der Waals surface area contributed by atoms with E-state index in [-0.39, 0.29) is 0 Å². The fourth-order valence-corrected chi connectivity index (χ4v) is 1.34. The summed E-state index contributed by atoms with van der Waals surface area (Å²) >= 11 is 0. The minimum absolute atomic E-state index is 0.536. The highest BCUT2D eigenvalue weighted by Gasteiger charge is 1.95. The van der Waals surface area contributed by atoms with Gasteiger partial charge in [-0.3, -0.25) is 0 Å². The van der Waals surface area contributed by atoms with Gasteiger partial charge in [0, 0.05) is 12.3 Å². The Hall–Kier alpha value is -2.09. The zero-order valence-corrected chi connectivity index (χ0v) is 8.97. The van der Waals surface area contributed by atoms with Crippen LogP contribution < -0.4 is 4.74 Å². The van der Waals surface area contributed by atoms with Gasteiger partial charge in [0.05, 0.1) is 0 Å². The Balaban J connectivity index is 1.97. The number of hydrogen-bond donors (Lipinski definition) is 0. The molecule has 0 aliphatic heterocycles. The molecule has 0 amide bonds. The van der Waals surface area contributed by atoms with E-state index in [9.17, 15) is 0 Å². The Morgan fingerprint density at radius 1 is 1.12 bits per heavy atom. The van der Waals surface area contributed by atoms with Crippen molar-refractivity contribution in [2.75, 3.05) is 0 Å². The van der Waals surface area contributed by atoms with E-state index >= 15 is 0 Å². The Kier molecular flexibility index (Phi) is 3.34. The maximum atomic E-state index is 5.53. The molecule has 2 aromatic rings. The van der Waals surface area contributed by atoms with Gasteiger partial charge in [-0.05, 0) is 17.2 Å². The Morgan fingerprint density at radius 2 is 1.94 bits per heavy atom. The van der Waals surface area contributed by atoms with Crippen LogP contribution in [0.15, 0.2) is 55.2 Å². The van der Waals surface area contributed by atoms with E-state index in [0.29, 0.717) is 12.5 Å². The van der Waals surface area contributed by atoms with Crippen molar-refractivity contribution in [3.8, 4) is 5.88 Å². The third-order valence-corrected chi connectivity index (χ3v) is 2.24. The Labute approximate surface area is 95.2 Å². The van der Waals surface area contributed by atoms with Gasteiger partial charge in [0.25, 0.3) is 0 Å². The molecule has 0 N–H and O–H groups in total. The monoisotopic (exact) mass is 211 g/mol. The molecule has 0 aliphatic carbocycles. The predicted molar refractivity (Wildman–Crippen MR) is 65.1 cm³/mol. The summed E-state index contributed by atoms with van der Waals surface area (Å²) in [6.07, 6.45) is 3.54. The van der Waals surface area contributed by atoms with E-state index in [1.807, 2.05) is 48.5 Å². The second kappa shape index (κ2) is 5.12. The summed E-state index contributed by atoms with van der Waals surface area (Å²) < 4.78 is 5.53. The Morgan fingerprint density at radius 3 is 2.56 bits per heavy atom. The van der Waals surface area contributed by atoms with Crippen LogP contribution >= 0.6 is 0 Å². The van der Waals surface area contributed by atoms with E-state index in [4.69, 9.17) is 4.74 Å². The van der Waals surface area contributed by atoms with Crippen LogP contribution in [0.1, 0.15) is 11.1 Å². The highest BCUT2D eigenvalue weighted by Crippen LogP contribution is 2.09. The molecule has 2 heteroatoms. The van der Waals surface area contributed by atoms with E-state index in [1.165, 1.54) is 0 Å². The molecular formula is C14H13NO. The number of pyridine rings is 1. The smallest absolute Gasteiger partial charge is 0.213 e. The van der Waals surface area contributed by atoms with Gasteiger partial charge in [-0.1, -0.05) is 43.0 Å². The fourth-order valence-electron chi connectivity index (χ4n) is 1.34. The molecule has 0 saturated heterocycles. The van der Waals surface area contributed by atoms with Crippen molar-refractivity contribution in [3.05, 3.63) is 66.4 Å². The second-order valence-corrected chi connectivity index (χ2v) is 3.40. The molecule has 0 saturated carbocycles. The number of aromatic nitrogens is 1. The van der Waals surface area contributed by atoms with Crippen molar-refractivity contribution in [2.24, 2.45) is 0 Å². The van der Waals surface area contributed by atoms with E-state index < -0.39 is 0 Å². The average molecular weight is 211 g/mol. The summed E-state index contributed by atoms with van der Waals surface area (Å²) in [5.74, 6) is 0.648. The van der Waals surface area contributed by atoms with Crippen molar-refractivity contribution in [1.29, 1.82) is 0 Å². The zero-order chi connectivity index (χ0) is 11.2. The molecule has 1 aromatic carbocycles. The molecule has 0 bridgehead atoms. The van der Waals surface area contributed by atoms with Gasteiger partial charge in [-0.15, -0.1) is 0 Å². The van der Waals surface area contributed by atoms with E-state index in [1.54, 1.807) is 6.20 Å². The van der Waals surface area contributed by atoms with Crippen molar-refractivity contribution in [2.45, 2.75) is 6.61 Å². The van der Waals surface area contributed by atoms with E-state index in [2.05, 4.69) is 11.6 Å². The minimum atomic E-state index is 0.536. The van der Waals surface area contributed by atoms with Crippen molar-refractivity contribution >= 4 is 6.08 Å². The van der Waals surface area contributed by atoms with Gasteiger partial charge < -0.3 is 4.74 Å². The molecule has 1 heterocycles. The topological polar surface area (TPSA) is 22.1 Å². The first-order valence-corrected chi connectivity index (χ1v) is 5.14. The lowest BCUT2D eigenvalue weighted by molar-refractivity contribution is 0.294. The van der Waals surface area contributed by atoms with Crippen LogP contribution in [0.2, 0.25) is 0 Å². The van der Waals surface area contributed by atoms with Crippen molar-refractivity contribution < 1.29 is 4.74 Å². The predicted octanol–water partition coefficient (Wildman–Crippen LogP) is 3.30. The van der Waals surface area contributed by atoms with Crippen LogP contribution in [0.4, 0.5) is 0 Å². The maximum absolute atomic E-state index is 5.53. The SMILES string of the molecule is C=Cc1ccc(COc2ccccn2)cc1. The molecule has 0 radical (unpaired) electrons. The molecule has 16 heavy (non-hydrogen) atoms. The molecule has 80 valence electrons. The van der Waals surface area contributed by atoms with Gasteiger partial charge in [0.1, 0.15) is 6.61 Å². The zero-order valence-electron chi connectivity index (χ0n) is 8.97. The fraction of sp³-hybridized carbons (Fsp3) is 0.0714. The standard InChI is InChI=1S/C14H13NO/c1-2-12-6-8-13(9-7-12)11-16-14-5-3-4-10-15-14/h2-10H,1,11H2. The van der Waals surface area contributed by atoms with Gasteiger partial charge >= 0.3 is 0 Å². The summed E-state index contributed by atoms with van der Waals surface area (Å²) in [7, 11) is 0. The molecule has 1 aromatic heterocycles. The first kappa shape index (κ1) is 10.4. The molecule has 0 unspecified atom stereocenters. The Bertz CT molecular complexity index is 448. The number of rotatable bonds is 4.